The number of ether oxygens (including phenoxy) is 1. The number of hydrogen-bond acceptors (Lipinski definition) is 4. The molecule has 0 aromatic heterocycles. The summed E-state index contributed by atoms with van der Waals surface area (Å²) in [6, 6.07) is 17.5. The molecule has 0 saturated carbocycles. The van der Waals surface area contributed by atoms with Gasteiger partial charge in [-0.25, -0.2) is 0 Å². The van der Waals surface area contributed by atoms with Crippen LogP contribution in [0.3, 0.4) is 0 Å². The summed E-state index contributed by atoms with van der Waals surface area (Å²) in [7, 11) is 0. The lowest BCUT2D eigenvalue weighted by atomic mass is 10.1. The van der Waals surface area contributed by atoms with E-state index in [-0.39, 0.29) is 5.91 Å². The molecule has 1 heterocycles. The maximum absolute atomic E-state index is 12.6. The smallest absolute Gasteiger partial charge is 0.250 e. The molecule has 1 saturated heterocycles. The number of hydrogen-bond donors (Lipinski definition) is 1. The predicted molar refractivity (Wildman–Crippen MR) is 117 cm³/mol. The number of likely N-dealkylation sites (tertiary alicyclic amines) is 1. The van der Waals surface area contributed by atoms with Crippen LogP contribution < -0.4 is 10.5 Å². The second kappa shape index (κ2) is 9.62. The fourth-order valence-corrected chi connectivity index (χ4v) is 3.85. The van der Waals surface area contributed by atoms with Gasteiger partial charge in [-0.2, -0.15) is 0 Å². The van der Waals surface area contributed by atoms with Gasteiger partial charge >= 0.3 is 0 Å². The first-order chi connectivity index (χ1) is 13.6. The van der Waals surface area contributed by atoms with E-state index in [1.165, 1.54) is 11.8 Å². The Balaban J connectivity index is 1.66. The van der Waals surface area contributed by atoms with E-state index in [0.717, 1.165) is 41.5 Å². The van der Waals surface area contributed by atoms with Crippen LogP contribution in [0.1, 0.15) is 18.9 Å². The minimum Gasteiger partial charge on any atom is -0.457 e. The third-order valence-corrected chi connectivity index (χ3v) is 5.76. The molecule has 2 aromatic carbocycles. The first kappa shape index (κ1) is 20.2. The summed E-state index contributed by atoms with van der Waals surface area (Å²) >= 11 is 1.45. The normalized spacial score (nSPS) is 16.9. The van der Waals surface area contributed by atoms with E-state index in [4.69, 9.17) is 10.5 Å². The number of thioether (sulfide) groups is 1. The van der Waals surface area contributed by atoms with Crippen molar-refractivity contribution in [3.8, 4) is 11.5 Å². The van der Waals surface area contributed by atoms with Gasteiger partial charge in [0.05, 0.1) is 0 Å². The Morgan fingerprint density at radius 3 is 2.68 bits per heavy atom. The molecule has 1 fully saturated rings. The van der Waals surface area contributed by atoms with E-state index in [2.05, 4.69) is 6.58 Å². The van der Waals surface area contributed by atoms with Gasteiger partial charge in [0.1, 0.15) is 11.5 Å². The number of carbonyl (C=O) groups excluding carboxylic acids is 1. The summed E-state index contributed by atoms with van der Waals surface area (Å²) in [6.45, 7) is 8.20. The molecular formula is C23H26N2O2S. The molecule has 1 atom stereocenters. The summed E-state index contributed by atoms with van der Waals surface area (Å²) in [5, 5.41) is 1.87. The van der Waals surface area contributed by atoms with E-state index in [0.29, 0.717) is 18.0 Å². The van der Waals surface area contributed by atoms with Crippen LogP contribution >= 0.6 is 11.8 Å². The van der Waals surface area contributed by atoms with Crippen LogP contribution in [0.4, 0.5) is 0 Å². The maximum atomic E-state index is 12.6. The van der Waals surface area contributed by atoms with Crippen molar-refractivity contribution in [3.63, 3.8) is 0 Å². The van der Waals surface area contributed by atoms with Gasteiger partial charge in [-0.1, -0.05) is 54.7 Å². The largest absolute Gasteiger partial charge is 0.457 e. The Hall–Kier alpha value is -2.50. The average molecular weight is 395 g/mol. The molecule has 4 nitrogen and oxygen atoms in total. The fraction of sp³-hybridized carbons (Fsp3) is 0.261. The molecule has 2 aromatic rings. The van der Waals surface area contributed by atoms with Gasteiger partial charge in [0.2, 0.25) is 5.91 Å². The number of amides is 1. The fourth-order valence-electron chi connectivity index (χ4n) is 3.13. The predicted octanol–water partition coefficient (Wildman–Crippen LogP) is 4.89. The molecule has 0 aliphatic carbocycles. The third-order valence-electron chi connectivity index (χ3n) is 4.78. The molecule has 0 spiro atoms. The molecule has 3 rings (SSSR count). The number of benzene rings is 2. The molecule has 1 amide bonds. The second-order valence-electron chi connectivity index (χ2n) is 6.89. The van der Waals surface area contributed by atoms with E-state index in [9.17, 15) is 4.79 Å². The molecule has 28 heavy (non-hydrogen) atoms. The SMILES string of the molecule is C=C(S/C=C(\C)C(=O)N1CCC(CN)C1)c1ccccc1Oc1ccccc1. The van der Waals surface area contributed by atoms with Crippen molar-refractivity contribution in [1.29, 1.82) is 0 Å². The molecular weight excluding hydrogens is 368 g/mol. The van der Waals surface area contributed by atoms with Gasteiger partial charge in [0.25, 0.3) is 0 Å². The number of nitrogens with zero attached hydrogens (tertiary/aromatic N) is 1. The Kier molecular flexibility index (Phi) is 6.95. The van der Waals surface area contributed by atoms with Crippen LogP contribution in [-0.4, -0.2) is 30.4 Å². The Morgan fingerprint density at radius 1 is 1.25 bits per heavy atom. The minimum absolute atomic E-state index is 0.0741. The van der Waals surface area contributed by atoms with Crippen molar-refractivity contribution in [2.75, 3.05) is 19.6 Å². The summed E-state index contributed by atoms with van der Waals surface area (Å²) < 4.78 is 6.01. The van der Waals surface area contributed by atoms with E-state index in [1.54, 1.807) is 0 Å². The van der Waals surface area contributed by atoms with Gasteiger partial charge in [0.15, 0.2) is 0 Å². The van der Waals surface area contributed by atoms with Crippen molar-refractivity contribution in [2.45, 2.75) is 13.3 Å². The Labute approximate surface area is 171 Å². The van der Waals surface area contributed by atoms with Crippen LogP contribution in [0.15, 0.2) is 72.2 Å². The maximum Gasteiger partial charge on any atom is 0.250 e. The second-order valence-corrected chi connectivity index (χ2v) is 7.86. The molecule has 0 radical (unpaired) electrons. The molecule has 1 aliphatic heterocycles. The first-order valence-electron chi connectivity index (χ1n) is 9.42. The minimum atomic E-state index is 0.0741. The molecule has 2 N–H and O–H groups in total. The third kappa shape index (κ3) is 5.06. The lowest BCUT2D eigenvalue weighted by Gasteiger charge is -2.17. The summed E-state index contributed by atoms with van der Waals surface area (Å²) in [5.41, 5.74) is 7.35. The van der Waals surface area contributed by atoms with Crippen LogP contribution in [0.25, 0.3) is 4.91 Å². The van der Waals surface area contributed by atoms with Crippen LogP contribution in [0.5, 0.6) is 11.5 Å². The molecule has 1 aliphatic rings. The first-order valence-corrected chi connectivity index (χ1v) is 10.3. The van der Waals surface area contributed by atoms with Crippen molar-refractivity contribution >= 4 is 22.6 Å². The average Bonchev–Trinajstić information content (AvgIpc) is 3.21. The molecule has 146 valence electrons. The highest BCUT2D eigenvalue weighted by Gasteiger charge is 2.25. The van der Waals surface area contributed by atoms with Crippen molar-refractivity contribution in [3.05, 3.63) is 77.7 Å². The van der Waals surface area contributed by atoms with Gasteiger partial charge < -0.3 is 15.4 Å². The number of nitrogens with two attached hydrogens (primary N) is 1. The highest BCUT2D eigenvalue weighted by Crippen LogP contribution is 2.36. The van der Waals surface area contributed by atoms with Crippen molar-refractivity contribution < 1.29 is 9.53 Å². The Morgan fingerprint density at radius 2 is 1.96 bits per heavy atom. The van der Waals surface area contributed by atoms with Gasteiger partial charge in [-0.15, -0.1) is 0 Å². The molecule has 5 heteroatoms. The van der Waals surface area contributed by atoms with E-state index >= 15 is 0 Å². The van der Waals surface area contributed by atoms with Crippen molar-refractivity contribution in [2.24, 2.45) is 11.7 Å². The monoisotopic (exact) mass is 394 g/mol. The number of carbonyl (C=O) groups is 1. The zero-order chi connectivity index (χ0) is 19.9. The lowest BCUT2D eigenvalue weighted by Crippen LogP contribution is -2.30. The van der Waals surface area contributed by atoms with E-state index < -0.39 is 0 Å². The van der Waals surface area contributed by atoms with Gasteiger partial charge in [0, 0.05) is 29.1 Å². The van der Waals surface area contributed by atoms with Gasteiger partial charge in [-0.3, -0.25) is 4.79 Å². The zero-order valence-corrected chi connectivity index (χ0v) is 17.0. The summed E-state index contributed by atoms with van der Waals surface area (Å²) in [6.07, 6.45) is 0.986. The highest BCUT2D eigenvalue weighted by molar-refractivity contribution is 8.10. The van der Waals surface area contributed by atoms with Crippen LogP contribution in [0.2, 0.25) is 0 Å². The van der Waals surface area contributed by atoms with Crippen LogP contribution in [-0.2, 0) is 4.79 Å². The molecule has 1 unspecified atom stereocenters. The van der Waals surface area contributed by atoms with Gasteiger partial charge in [-0.05, 0) is 49.4 Å². The zero-order valence-electron chi connectivity index (χ0n) is 16.1. The van der Waals surface area contributed by atoms with Crippen molar-refractivity contribution in [1.82, 2.24) is 4.90 Å². The highest BCUT2D eigenvalue weighted by atomic mass is 32.2. The van der Waals surface area contributed by atoms with E-state index in [1.807, 2.05) is 71.8 Å². The lowest BCUT2D eigenvalue weighted by molar-refractivity contribution is -0.126. The topological polar surface area (TPSA) is 55.6 Å². The Bertz CT molecular complexity index is 864. The quantitative estimate of drug-likeness (QED) is 0.679. The summed E-state index contributed by atoms with van der Waals surface area (Å²) in [5.74, 6) is 2.01. The summed E-state index contributed by atoms with van der Waals surface area (Å²) in [4.78, 5) is 15.3. The molecule has 0 bridgehead atoms. The number of para-hydroxylation sites is 2. The standard InChI is InChI=1S/C23H26N2O2S/c1-17(23(26)25-13-12-19(14-24)15-25)16-28-18(2)21-10-6-7-11-22(21)27-20-8-4-3-5-9-20/h3-11,16,19H,2,12-15,24H2,1H3/b17-16+. The number of rotatable bonds is 7. The van der Waals surface area contributed by atoms with Crippen LogP contribution in [0, 0.1) is 5.92 Å².